The summed E-state index contributed by atoms with van der Waals surface area (Å²) in [6, 6.07) is 6.64. The standard InChI is InChI=1S/C21H23FN6O2/c1-14(29)27-9-8-26-7-5-23-20-4-6-28-21(25-20)18(11-24-28)17-10-16(2-3-19(17)22)30-13-15(26)12-27/h2-4,6,10-11,15H,5,7-9,12-13H2,1H3,(H,23,25)/t15-/m1/s1. The molecule has 0 spiro atoms. The SMILES string of the molecule is CC(=O)N1CCN2CCNc3ccn4ncc(c4n3)-c3cc(ccc3F)OC[C@H]2C1. The van der Waals surface area contributed by atoms with E-state index in [0.29, 0.717) is 54.6 Å². The Bertz CT molecular complexity index is 1100. The summed E-state index contributed by atoms with van der Waals surface area (Å²) in [6.45, 7) is 5.61. The second-order valence-corrected chi connectivity index (χ2v) is 7.67. The minimum atomic E-state index is -0.355. The van der Waals surface area contributed by atoms with Crippen LogP contribution in [0.5, 0.6) is 5.75 Å². The fraction of sp³-hybridized carbons (Fsp3) is 0.381. The molecule has 1 amide bonds. The molecule has 30 heavy (non-hydrogen) atoms. The third-order valence-corrected chi connectivity index (χ3v) is 5.79. The van der Waals surface area contributed by atoms with Gasteiger partial charge in [0.1, 0.15) is 24.0 Å². The fourth-order valence-corrected chi connectivity index (χ4v) is 4.11. The molecular formula is C21H23FN6O2. The molecule has 0 aliphatic carbocycles. The molecular weight excluding hydrogens is 387 g/mol. The van der Waals surface area contributed by atoms with Crippen molar-refractivity contribution in [2.45, 2.75) is 13.0 Å². The molecule has 4 bridgehead atoms. The van der Waals surface area contributed by atoms with E-state index in [9.17, 15) is 9.18 Å². The van der Waals surface area contributed by atoms with E-state index in [1.807, 2.05) is 17.2 Å². The number of aromatic nitrogens is 3. The minimum absolute atomic E-state index is 0.0584. The van der Waals surface area contributed by atoms with Crippen LogP contribution in [0.2, 0.25) is 0 Å². The van der Waals surface area contributed by atoms with Gasteiger partial charge < -0.3 is 15.0 Å². The summed E-state index contributed by atoms with van der Waals surface area (Å²) < 4.78 is 22.4. The maximum atomic E-state index is 14.7. The highest BCUT2D eigenvalue weighted by Crippen LogP contribution is 2.30. The van der Waals surface area contributed by atoms with Crippen LogP contribution >= 0.6 is 0 Å². The van der Waals surface area contributed by atoms with E-state index in [-0.39, 0.29) is 17.8 Å². The van der Waals surface area contributed by atoms with Crippen LogP contribution in [0.1, 0.15) is 6.92 Å². The highest BCUT2D eigenvalue weighted by atomic mass is 19.1. The lowest BCUT2D eigenvalue weighted by Gasteiger charge is -2.41. The quantitative estimate of drug-likeness (QED) is 0.610. The largest absolute Gasteiger partial charge is 0.492 e. The number of amides is 1. The van der Waals surface area contributed by atoms with Crippen molar-refractivity contribution in [3.63, 3.8) is 0 Å². The first kappa shape index (κ1) is 18.8. The number of fused-ring (bicyclic) bond motifs is 5. The predicted molar refractivity (Wildman–Crippen MR) is 110 cm³/mol. The maximum Gasteiger partial charge on any atom is 0.219 e. The Hall–Kier alpha value is -3.20. The van der Waals surface area contributed by atoms with Crippen LogP contribution in [0.25, 0.3) is 16.8 Å². The molecule has 1 N–H and O–H groups in total. The Kier molecular flexibility index (Phi) is 4.74. The number of nitrogens with one attached hydrogen (secondary N) is 1. The topological polar surface area (TPSA) is 75.0 Å². The smallest absolute Gasteiger partial charge is 0.219 e. The summed E-state index contributed by atoms with van der Waals surface area (Å²) >= 11 is 0. The molecule has 0 unspecified atom stereocenters. The lowest BCUT2D eigenvalue weighted by atomic mass is 10.1. The first-order chi connectivity index (χ1) is 14.6. The minimum Gasteiger partial charge on any atom is -0.492 e. The number of hydrogen-bond acceptors (Lipinski definition) is 6. The summed E-state index contributed by atoms with van der Waals surface area (Å²) in [4.78, 5) is 20.7. The van der Waals surface area contributed by atoms with Crippen LogP contribution in [0, 0.1) is 5.82 Å². The molecule has 1 atom stereocenters. The molecule has 5 rings (SSSR count). The fourth-order valence-electron chi connectivity index (χ4n) is 4.11. The normalized spacial score (nSPS) is 19.7. The predicted octanol–water partition coefficient (Wildman–Crippen LogP) is 1.87. The van der Waals surface area contributed by atoms with E-state index < -0.39 is 0 Å². The summed E-state index contributed by atoms with van der Waals surface area (Å²) in [5.74, 6) is 1.01. The highest BCUT2D eigenvalue weighted by molar-refractivity contribution is 5.79. The van der Waals surface area contributed by atoms with E-state index in [4.69, 9.17) is 4.74 Å². The molecule has 3 aromatic rings. The van der Waals surface area contributed by atoms with Crippen LogP contribution in [0.4, 0.5) is 10.2 Å². The molecule has 2 aromatic heterocycles. The van der Waals surface area contributed by atoms with Gasteiger partial charge in [0.15, 0.2) is 5.65 Å². The van der Waals surface area contributed by atoms with Gasteiger partial charge in [0.2, 0.25) is 5.91 Å². The summed E-state index contributed by atoms with van der Waals surface area (Å²) in [5.41, 5.74) is 1.59. The number of carbonyl (C=O) groups is 1. The van der Waals surface area contributed by atoms with Gasteiger partial charge in [-0.25, -0.2) is 13.9 Å². The number of carbonyl (C=O) groups excluding carboxylic acids is 1. The molecule has 1 saturated heterocycles. The molecule has 2 aliphatic rings. The van der Waals surface area contributed by atoms with Gasteiger partial charge in [-0.05, 0) is 24.3 Å². The molecule has 0 saturated carbocycles. The van der Waals surface area contributed by atoms with E-state index in [1.165, 1.54) is 6.07 Å². The molecule has 8 nitrogen and oxygen atoms in total. The molecule has 2 aliphatic heterocycles. The van der Waals surface area contributed by atoms with Crippen molar-refractivity contribution < 1.29 is 13.9 Å². The second kappa shape index (κ2) is 7.56. The number of benzene rings is 1. The lowest BCUT2D eigenvalue weighted by molar-refractivity contribution is -0.132. The van der Waals surface area contributed by atoms with Crippen molar-refractivity contribution in [1.82, 2.24) is 24.4 Å². The zero-order valence-corrected chi connectivity index (χ0v) is 16.7. The highest BCUT2D eigenvalue weighted by Gasteiger charge is 2.29. The Morgan fingerprint density at radius 2 is 2.13 bits per heavy atom. The van der Waals surface area contributed by atoms with E-state index in [0.717, 1.165) is 13.1 Å². The van der Waals surface area contributed by atoms with Crippen LogP contribution in [0.3, 0.4) is 0 Å². The van der Waals surface area contributed by atoms with E-state index >= 15 is 0 Å². The zero-order valence-electron chi connectivity index (χ0n) is 16.7. The van der Waals surface area contributed by atoms with E-state index in [1.54, 1.807) is 29.8 Å². The van der Waals surface area contributed by atoms with Gasteiger partial charge in [-0.15, -0.1) is 0 Å². The van der Waals surface area contributed by atoms with Gasteiger partial charge in [0, 0.05) is 57.0 Å². The third kappa shape index (κ3) is 3.45. The number of rotatable bonds is 0. The molecule has 1 fully saturated rings. The second-order valence-electron chi connectivity index (χ2n) is 7.67. The Morgan fingerprint density at radius 1 is 1.23 bits per heavy atom. The van der Waals surface area contributed by atoms with Gasteiger partial charge >= 0.3 is 0 Å². The molecule has 4 heterocycles. The van der Waals surface area contributed by atoms with Gasteiger partial charge in [-0.2, -0.15) is 5.10 Å². The van der Waals surface area contributed by atoms with E-state index in [2.05, 4.69) is 20.3 Å². The van der Waals surface area contributed by atoms with Gasteiger partial charge in [0.05, 0.1) is 12.2 Å². The number of hydrogen-bond donors (Lipinski definition) is 1. The van der Waals surface area contributed by atoms with Crippen molar-refractivity contribution in [1.29, 1.82) is 0 Å². The average molecular weight is 410 g/mol. The lowest BCUT2D eigenvalue weighted by Crippen LogP contribution is -2.57. The maximum absolute atomic E-state index is 14.7. The van der Waals surface area contributed by atoms with Crippen molar-refractivity contribution in [3.05, 3.63) is 42.5 Å². The summed E-state index contributed by atoms with van der Waals surface area (Å²) in [6.07, 6.45) is 3.43. The number of ether oxygens (including phenoxy) is 1. The van der Waals surface area contributed by atoms with Crippen molar-refractivity contribution in [2.24, 2.45) is 0 Å². The van der Waals surface area contributed by atoms with Crippen LogP contribution in [-0.2, 0) is 4.79 Å². The van der Waals surface area contributed by atoms with Crippen molar-refractivity contribution in [2.75, 3.05) is 44.6 Å². The molecule has 9 heteroatoms. The van der Waals surface area contributed by atoms with Gasteiger partial charge in [-0.3, -0.25) is 9.69 Å². The first-order valence-electron chi connectivity index (χ1n) is 10.1. The molecule has 0 radical (unpaired) electrons. The number of halogens is 1. The Morgan fingerprint density at radius 3 is 3.00 bits per heavy atom. The average Bonchev–Trinajstić information content (AvgIpc) is 3.16. The number of piperazine rings is 1. The summed E-state index contributed by atoms with van der Waals surface area (Å²) in [5, 5.41) is 7.65. The van der Waals surface area contributed by atoms with Gasteiger partial charge in [-0.1, -0.05) is 0 Å². The van der Waals surface area contributed by atoms with Crippen molar-refractivity contribution >= 4 is 17.4 Å². The zero-order chi connectivity index (χ0) is 20.7. The summed E-state index contributed by atoms with van der Waals surface area (Å²) in [7, 11) is 0. The first-order valence-corrected chi connectivity index (χ1v) is 10.1. The van der Waals surface area contributed by atoms with Gasteiger partial charge in [0.25, 0.3) is 0 Å². The number of anilines is 1. The third-order valence-electron chi connectivity index (χ3n) is 5.79. The molecule has 156 valence electrons. The Labute approximate surface area is 173 Å². The van der Waals surface area contributed by atoms with Crippen molar-refractivity contribution in [3.8, 4) is 16.9 Å². The monoisotopic (exact) mass is 410 g/mol. The van der Waals surface area contributed by atoms with Crippen LogP contribution in [0.15, 0.2) is 36.7 Å². The van der Waals surface area contributed by atoms with Crippen LogP contribution < -0.4 is 10.1 Å². The molecule has 1 aromatic carbocycles. The Balaban J connectivity index is 1.53. The van der Waals surface area contributed by atoms with Crippen LogP contribution in [-0.4, -0.2) is 75.7 Å². The number of nitrogens with zero attached hydrogens (tertiary/aromatic N) is 5.